The molecule has 0 N–H and O–H groups in total. The van der Waals surface area contributed by atoms with Gasteiger partial charge in [-0.2, -0.15) is 0 Å². The zero-order chi connectivity index (χ0) is 7.72. The number of ether oxygens (including phenoxy) is 1. The van der Waals surface area contributed by atoms with E-state index in [9.17, 15) is 4.79 Å². The highest BCUT2D eigenvalue weighted by molar-refractivity contribution is 5.77. The second-order valence-electron chi connectivity index (χ2n) is 2.88. The van der Waals surface area contributed by atoms with E-state index in [2.05, 4.69) is 6.58 Å². The topological polar surface area (TPSA) is 26.3 Å². The molecular formula is C8H12O2. The van der Waals surface area contributed by atoms with E-state index >= 15 is 0 Å². The lowest BCUT2D eigenvalue weighted by Gasteiger charge is -2.00. The van der Waals surface area contributed by atoms with Crippen molar-refractivity contribution in [2.75, 3.05) is 0 Å². The fourth-order valence-electron chi connectivity index (χ4n) is 1.16. The van der Waals surface area contributed by atoms with E-state index in [0.29, 0.717) is 0 Å². The first-order chi connectivity index (χ1) is 4.61. The first kappa shape index (κ1) is 7.32. The Kier molecular flexibility index (Phi) is 1.79. The molecule has 56 valence electrons. The maximum Gasteiger partial charge on any atom is 0.313 e. The van der Waals surface area contributed by atoms with Crippen LogP contribution in [0.4, 0.5) is 0 Å². The van der Waals surface area contributed by atoms with Gasteiger partial charge in [-0.05, 0) is 13.8 Å². The summed E-state index contributed by atoms with van der Waals surface area (Å²) in [5.74, 6) is -0.157. The Morgan fingerprint density at radius 1 is 1.80 bits per heavy atom. The third kappa shape index (κ3) is 1.20. The van der Waals surface area contributed by atoms with Crippen LogP contribution in [0.25, 0.3) is 0 Å². The fourth-order valence-corrected chi connectivity index (χ4v) is 1.16. The summed E-state index contributed by atoms with van der Waals surface area (Å²) in [4.78, 5) is 10.9. The Balaban J connectivity index is 2.63. The molecular weight excluding hydrogens is 128 g/mol. The number of carbonyl (C=O) groups excluding carboxylic acids is 1. The molecule has 2 atom stereocenters. The summed E-state index contributed by atoms with van der Waals surface area (Å²) in [5, 5.41) is 0. The third-order valence-electron chi connectivity index (χ3n) is 1.76. The van der Waals surface area contributed by atoms with E-state index in [1.165, 1.54) is 0 Å². The van der Waals surface area contributed by atoms with Gasteiger partial charge in [0.2, 0.25) is 0 Å². The van der Waals surface area contributed by atoms with Crippen LogP contribution in [-0.4, -0.2) is 12.1 Å². The average molecular weight is 140 g/mol. The molecule has 0 aromatic heterocycles. The van der Waals surface area contributed by atoms with Gasteiger partial charge in [-0.3, -0.25) is 4.79 Å². The molecule has 2 heteroatoms. The lowest BCUT2D eigenvalue weighted by Crippen LogP contribution is -2.07. The smallest absolute Gasteiger partial charge is 0.313 e. The van der Waals surface area contributed by atoms with Crippen LogP contribution >= 0.6 is 0 Å². The largest absolute Gasteiger partial charge is 0.462 e. The standard InChI is InChI=1S/C8H12O2/c1-5(2)7-4-6(3)10-8(7)9/h6-7H,1,4H2,2-3H3/t6-,7+/m0/s1. The summed E-state index contributed by atoms with van der Waals surface area (Å²) >= 11 is 0. The quantitative estimate of drug-likeness (QED) is 0.407. The minimum absolute atomic E-state index is 0.0463. The molecule has 1 aliphatic rings. The summed E-state index contributed by atoms with van der Waals surface area (Å²) in [6, 6.07) is 0. The van der Waals surface area contributed by atoms with Crippen molar-refractivity contribution in [2.45, 2.75) is 26.4 Å². The van der Waals surface area contributed by atoms with Gasteiger partial charge in [0.1, 0.15) is 6.10 Å². The second-order valence-corrected chi connectivity index (χ2v) is 2.88. The number of hydrogen-bond donors (Lipinski definition) is 0. The molecule has 10 heavy (non-hydrogen) atoms. The minimum atomic E-state index is -0.111. The van der Waals surface area contributed by atoms with E-state index in [0.717, 1.165) is 12.0 Å². The van der Waals surface area contributed by atoms with Crippen molar-refractivity contribution in [2.24, 2.45) is 5.92 Å². The van der Waals surface area contributed by atoms with Crippen molar-refractivity contribution < 1.29 is 9.53 Å². The van der Waals surface area contributed by atoms with Crippen molar-refractivity contribution in [3.63, 3.8) is 0 Å². The molecule has 0 aliphatic carbocycles. The molecule has 0 bridgehead atoms. The van der Waals surface area contributed by atoms with E-state index in [1.54, 1.807) is 0 Å². The maximum atomic E-state index is 10.9. The molecule has 2 nitrogen and oxygen atoms in total. The fraction of sp³-hybridized carbons (Fsp3) is 0.625. The lowest BCUT2D eigenvalue weighted by atomic mass is 9.99. The molecule has 0 amide bonds. The SMILES string of the molecule is C=C(C)[C@H]1C[C@H](C)OC1=O. The Hall–Kier alpha value is -0.790. The highest BCUT2D eigenvalue weighted by Crippen LogP contribution is 2.25. The molecule has 1 saturated heterocycles. The summed E-state index contributed by atoms with van der Waals surface area (Å²) in [6.07, 6.45) is 0.878. The van der Waals surface area contributed by atoms with Crippen molar-refractivity contribution in [3.8, 4) is 0 Å². The monoisotopic (exact) mass is 140 g/mol. The van der Waals surface area contributed by atoms with Crippen LogP contribution < -0.4 is 0 Å². The van der Waals surface area contributed by atoms with Crippen molar-refractivity contribution in [1.29, 1.82) is 0 Å². The summed E-state index contributed by atoms with van der Waals surface area (Å²) in [7, 11) is 0. The minimum Gasteiger partial charge on any atom is -0.462 e. The maximum absolute atomic E-state index is 10.9. The van der Waals surface area contributed by atoms with Crippen LogP contribution in [0.2, 0.25) is 0 Å². The normalized spacial score (nSPS) is 32.0. The predicted octanol–water partition coefficient (Wildman–Crippen LogP) is 1.51. The molecule has 0 radical (unpaired) electrons. The highest BCUT2D eigenvalue weighted by atomic mass is 16.5. The first-order valence-corrected chi connectivity index (χ1v) is 3.47. The number of hydrogen-bond acceptors (Lipinski definition) is 2. The molecule has 0 spiro atoms. The van der Waals surface area contributed by atoms with Crippen LogP contribution in [0.1, 0.15) is 20.3 Å². The lowest BCUT2D eigenvalue weighted by molar-refractivity contribution is -0.142. The Bertz CT molecular complexity index is 172. The van der Waals surface area contributed by atoms with Crippen molar-refractivity contribution in [1.82, 2.24) is 0 Å². The average Bonchev–Trinajstić information content (AvgIpc) is 2.10. The highest BCUT2D eigenvalue weighted by Gasteiger charge is 2.31. The zero-order valence-corrected chi connectivity index (χ0v) is 6.39. The number of esters is 1. The number of rotatable bonds is 1. The molecule has 1 rings (SSSR count). The molecule has 0 aromatic carbocycles. The van der Waals surface area contributed by atoms with Gasteiger partial charge < -0.3 is 4.74 Å². The van der Waals surface area contributed by atoms with Gasteiger partial charge in [-0.25, -0.2) is 0 Å². The number of carbonyl (C=O) groups is 1. The Morgan fingerprint density at radius 3 is 2.60 bits per heavy atom. The molecule has 0 aromatic rings. The molecule has 1 heterocycles. The van der Waals surface area contributed by atoms with Crippen LogP contribution in [0.5, 0.6) is 0 Å². The first-order valence-electron chi connectivity index (χ1n) is 3.47. The van der Waals surface area contributed by atoms with Gasteiger partial charge in [0.15, 0.2) is 0 Å². The van der Waals surface area contributed by atoms with Crippen LogP contribution in [0.3, 0.4) is 0 Å². The van der Waals surface area contributed by atoms with E-state index in [1.807, 2.05) is 13.8 Å². The summed E-state index contributed by atoms with van der Waals surface area (Å²) in [5.41, 5.74) is 0.911. The van der Waals surface area contributed by atoms with Gasteiger partial charge in [0.25, 0.3) is 0 Å². The van der Waals surface area contributed by atoms with Crippen molar-refractivity contribution in [3.05, 3.63) is 12.2 Å². The van der Waals surface area contributed by atoms with Gasteiger partial charge in [-0.15, -0.1) is 0 Å². The Labute approximate surface area is 60.9 Å². The molecule has 0 saturated carbocycles. The van der Waals surface area contributed by atoms with Gasteiger partial charge in [0.05, 0.1) is 5.92 Å². The summed E-state index contributed by atoms with van der Waals surface area (Å²) in [6.45, 7) is 7.49. The molecule has 1 aliphatic heterocycles. The van der Waals surface area contributed by atoms with Gasteiger partial charge in [0, 0.05) is 6.42 Å². The van der Waals surface area contributed by atoms with Crippen molar-refractivity contribution >= 4 is 5.97 Å². The van der Waals surface area contributed by atoms with Crippen LogP contribution in [0.15, 0.2) is 12.2 Å². The molecule has 1 fully saturated rings. The van der Waals surface area contributed by atoms with Crippen LogP contribution in [-0.2, 0) is 9.53 Å². The molecule has 0 unspecified atom stereocenters. The second kappa shape index (κ2) is 2.45. The van der Waals surface area contributed by atoms with E-state index in [4.69, 9.17) is 4.74 Å². The van der Waals surface area contributed by atoms with E-state index < -0.39 is 0 Å². The Morgan fingerprint density at radius 2 is 2.40 bits per heavy atom. The summed E-state index contributed by atoms with van der Waals surface area (Å²) < 4.78 is 4.94. The number of cyclic esters (lactones) is 1. The van der Waals surface area contributed by atoms with Crippen LogP contribution in [0, 0.1) is 5.92 Å². The zero-order valence-electron chi connectivity index (χ0n) is 6.39. The van der Waals surface area contributed by atoms with Gasteiger partial charge in [-0.1, -0.05) is 12.2 Å². The van der Waals surface area contributed by atoms with E-state index in [-0.39, 0.29) is 18.0 Å². The predicted molar refractivity (Wildman–Crippen MR) is 38.5 cm³/mol. The van der Waals surface area contributed by atoms with Gasteiger partial charge >= 0.3 is 5.97 Å². The third-order valence-corrected chi connectivity index (χ3v) is 1.76.